The third-order valence-electron chi connectivity index (χ3n) is 4.19. The molecule has 1 aromatic carbocycles. The van der Waals surface area contributed by atoms with Crippen LogP contribution < -0.4 is 11.1 Å². The molecular formula is C17H24N4O2. The van der Waals surface area contributed by atoms with E-state index in [4.69, 9.17) is 5.73 Å². The van der Waals surface area contributed by atoms with Crippen molar-refractivity contribution in [3.8, 4) is 5.69 Å². The topological polar surface area (TPSA) is 93.2 Å². The lowest BCUT2D eigenvalue weighted by Gasteiger charge is -2.37. The molecule has 4 N–H and O–H groups in total. The number of carbonyl (C=O) groups excluding carboxylic acids is 1. The maximum Gasteiger partial charge on any atom is 0.269 e. The molecule has 0 aliphatic carbocycles. The first-order valence-electron chi connectivity index (χ1n) is 7.53. The Hall–Kier alpha value is -2.34. The lowest BCUT2D eigenvalue weighted by atomic mass is 9.78. The Bertz CT molecular complexity index is 684. The predicted molar refractivity (Wildman–Crippen MR) is 90.7 cm³/mol. The molecule has 1 aromatic heterocycles. The Morgan fingerprint density at radius 3 is 2.39 bits per heavy atom. The van der Waals surface area contributed by atoms with E-state index in [0.717, 1.165) is 5.69 Å². The molecule has 0 fully saturated rings. The number of benzene rings is 1. The predicted octanol–water partition coefficient (Wildman–Crippen LogP) is 2.18. The number of para-hydroxylation sites is 1. The fourth-order valence-corrected chi connectivity index (χ4v) is 1.92. The Labute approximate surface area is 136 Å². The van der Waals surface area contributed by atoms with Crippen LogP contribution >= 0.6 is 0 Å². The van der Waals surface area contributed by atoms with E-state index in [9.17, 15) is 9.90 Å². The number of amides is 1. The molecule has 2 rings (SSSR count). The van der Waals surface area contributed by atoms with Crippen molar-refractivity contribution in [2.24, 2.45) is 11.1 Å². The minimum absolute atomic E-state index is 0.173. The van der Waals surface area contributed by atoms with Crippen molar-refractivity contribution in [2.75, 3.05) is 11.9 Å². The smallest absolute Gasteiger partial charge is 0.269 e. The first-order valence-corrected chi connectivity index (χ1v) is 7.53. The van der Waals surface area contributed by atoms with Crippen LogP contribution in [-0.2, 0) is 0 Å². The van der Waals surface area contributed by atoms with Crippen molar-refractivity contribution >= 4 is 11.7 Å². The van der Waals surface area contributed by atoms with Gasteiger partial charge in [-0.25, -0.2) is 4.68 Å². The quantitative estimate of drug-likeness (QED) is 0.788. The normalized spacial score (nSPS) is 14.3. The van der Waals surface area contributed by atoms with Gasteiger partial charge in [-0.1, -0.05) is 39.0 Å². The number of primary amides is 1. The zero-order valence-corrected chi connectivity index (χ0v) is 14.0. The minimum Gasteiger partial charge on any atom is -0.388 e. The van der Waals surface area contributed by atoms with Crippen molar-refractivity contribution in [2.45, 2.75) is 33.3 Å². The van der Waals surface area contributed by atoms with E-state index in [2.05, 4.69) is 10.4 Å². The number of nitrogens with one attached hydrogen (secondary N) is 1. The van der Waals surface area contributed by atoms with Crippen LogP contribution in [0.2, 0.25) is 0 Å². The van der Waals surface area contributed by atoms with Crippen molar-refractivity contribution in [3.05, 3.63) is 42.1 Å². The van der Waals surface area contributed by atoms with Crippen LogP contribution in [-0.4, -0.2) is 32.9 Å². The van der Waals surface area contributed by atoms with E-state index >= 15 is 0 Å². The zero-order chi connectivity index (χ0) is 17.3. The summed E-state index contributed by atoms with van der Waals surface area (Å²) in [5.74, 6) is 0.0137. The number of anilines is 1. The van der Waals surface area contributed by atoms with Gasteiger partial charge in [-0.05, 0) is 24.5 Å². The molecule has 0 saturated heterocycles. The summed E-state index contributed by atoms with van der Waals surface area (Å²) in [6, 6.07) is 11.0. The van der Waals surface area contributed by atoms with Crippen LogP contribution in [0.15, 0.2) is 36.4 Å². The van der Waals surface area contributed by atoms with Crippen molar-refractivity contribution in [1.82, 2.24) is 9.78 Å². The average molecular weight is 316 g/mol. The molecule has 124 valence electrons. The molecule has 2 aromatic rings. The Morgan fingerprint density at radius 2 is 1.87 bits per heavy atom. The molecule has 0 aliphatic rings. The lowest BCUT2D eigenvalue weighted by Crippen LogP contribution is -2.45. The van der Waals surface area contributed by atoms with Gasteiger partial charge >= 0.3 is 0 Å². The Morgan fingerprint density at radius 1 is 1.26 bits per heavy atom. The molecule has 1 amide bonds. The molecule has 1 unspecified atom stereocenters. The van der Waals surface area contributed by atoms with Gasteiger partial charge in [0.25, 0.3) is 5.91 Å². The van der Waals surface area contributed by atoms with Crippen LogP contribution in [0, 0.1) is 5.41 Å². The summed E-state index contributed by atoms with van der Waals surface area (Å²) in [6.45, 7) is 8.00. The summed E-state index contributed by atoms with van der Waals surface area (Å²) < 4.78 is 1.61. The fraction of sp³-hybridized carbons (Fsp3) is 0.412. The molecule has 1 atom stereocenters. The highest BCUT2D eigenvalue weighted by molar-refractivity contribution is 5.91. The van der Waals surface area contributed by atoms with E-state index < -0.39 is 11.5 Å². The second-order valence-corrected chi connectivity index (χ2v) is 6.90. The number of aliphatic hydroxyl groups is 1. The van der Waals surface area contributed by atoms with Crippen molar-refractivity contribution in [3.63, 3.8) is 0 Å². The van der Waals surface area contributed by atoms with Gasteiger partial charge in [-0.3, -0.25) is 4.79 Å². The minimum atomic E-state index is -0.939. The van der Waals surface area contributed by atoms with Gasteiger partial charge in [-0.15, -0.1) is 0 Å². The van der Waals surface area contributed by atoms with E-state index in [-0.39, 0.29) is 11.1 Å². The summed E-state index contributed by atoms with van der Waals surface area (Å²) in [4.78, 5) is 11.4. The van der Waals surface area contributed by atoms with Gasteiger partial charge in [0.1, 0.15) is 5.82 Å². The summed E-state index contributed by atoms with van der Waals surface area (Å²) in [6.07, 6.45) is 0. The third-order valence-corrected chi connectivity index (χ3v) is 4.19. The summed E-state index contributed by atoms with van der Waals surface area (Å²) in [7, 11) is 0. The lowest BCUT2D eigenvalue weighted by molar-refractivity contribution is -0.0291. The van der Waals surface area contributed by atoms with E-state index in [1.54, 1.807) is 17.7 Å². The number of hydrogen-bond donors (Lipinski definition) is 3. The standard InChI is InChI=1S/C17H24N4O2/c1-16(2,3)17(4,23)11-19-14-10-13(15(18)22)20-21(14)12-8-6-5-7-9-12/h5-10,19,23H,11H2,1-4H3,(H2,18,22). The van der Waals surface area contributed by atoms with Gasteiger partial charge in [0.05, 0.1) is 11.3 Å². The molecule has 0 aliphatic heterocycles. The summed E-state index contributed by atoms with van der Waals surface area (Å²) >= 11 is 0. The molecule has 0 bridgehead atoms. The zero-order valence-electron chi connectivity index (χ0n) is 14.0. The van der Waals surface area contributed by atoms with Gasteiger partial charge in [-0.2, -0.15) is 5.10 Å². The molecule has 1 heterocycles. The van der Waals surface area contributed by atoms with Crippen LogP contribution in [0.25, 0.3) is 5.69 Å². The van der Waals surface area contributed by atoms with Crippen molar-refractivity contribution < 1.29 is 9.90 Å². The summed E-state index contributed by atoms with van der Waals surface area (Å²) in [5, 5.41) is 18.0. The molecule has 0 radical (unpaired) electrons. The average Bonchev–Trinajstić information content (AvgIpc) is 2.89. The highest BCUT2D eigenvalue weighted by Gasteiger charge is 2.35. The number of rotatable bonds is 5. The highest BCUT2D eigenvalue weighted by Crippen LogP contribution is 2.30. The number of nitrogens with two attached hydrogens (primary N) is 1. The number of carbonyl (C=O) groups is 1. The molecular weight excluding hydrogens is 292 g/mol. The van der Waals surface area contributed by atoms with E-state index in [1.807, 2.05) is 51.1 Å². The van der Waals surface area contributed by atoms with E-state index in [0.29, 0.717) is 12.4 Å². The van der Waals surface area contributed by atoms with Crippen LogP contribution in [0.3, 0.4) is 0 Å². The van der Waals surface area contributed by atoms with Gasteiger partial charge in [0.15, 0.2) is 5.69 Å². The van der Waals surface area contributed by atoms with Gasteiger partial charge in [0.2, 0.25) is 0 Å². The third kappa shape index (κ3) is 3.71. The summed E-state index contributed by atoms with van der Waals surface area (Å²) in [5.41, 5.74) is 5.07. The first kappa shape index (κ1) is 17.0. The second-order valence-electron chi connectivity index (χ2n) is 6.90. The van der Waals surface area contributed by atoms with Gasteiger partial charge in [0, 0.05) is 12.6 Å². The number of nitrogens with zero attached hydrogens (tertiary/aromatic N) is 2. The molecule has 6 heteroatoms. The maximum absolute atomic E-state index is 11.4. The largest absolute Gasteiger partial charge is 0.388 e. The molecule has 0 saturated carbocycles. The number of aromatic nitrogens is 2. The molecule has 6 nitrogen and oxygen atoms in total. The van der Waals surface area contributed by atoms with Crippen molar-refractivity contribution in [1.29, 1.82) is 0 Å². The maximum atomic E-state index is 11.4. The van der Waals surface area contributed by atoms with E-state index in [1.165, 1.54) is 0 Å². The number of hydrogen-bond acceptors (Lipinski definition) is 4. The molecule has 0 spiro atoms. The van der Waals surface area contributed by atoms with Crippen LogP contribution in [0.1, 0.15) is 38.2 Å². The van der Waals surface area contributed by atoms with Crippen LogP contribution in [0.4, 0.5) is 5.82 Å². The Kier molecular flexibility index (Phi) is 4.47. The SMILES string of the molecule is CC(C)(C)C(C)(O)CNc1cc(C(N)=O)nn1-c1ccccc1. The fourth-order valence-electron chi connectivity index (χ4n) is 1.92. The van der Waals surface area contributed by atoms with Gasteiger partial charge < -0.3 is 16.2 Å². The highest BCUT2D eigenvalue weighted by atomic mass is 16.3. The monoisotopic (exact) mass is 316 g/mol. The molecule has 23 heavy (non-hydrogen) atoms. The Balaban J connectivity index is 2.33. The van der Waals surface area contributed by atoms with Crippen LogP contribution in [0.5, 0.6) is 0 Å². The first-order chi connectivity index (χ1) is 10.6. The second kappa shape index (κ2) is 6.04.